The molecule has 2 rings (SSSR count). The van der Waals surface area contributed by atoms with Gasteiger partial charge in [0.25, 0.3) is 6.43 Å². The molecule has 0 fully saturated rings. The van der Waals surface area contributed by atoms with Crippen LogP contribution in [0.3, 0.4) is 0 Å². The van der Waals surface area contributed by atoms with Crippen molar-refractivity contribution in [3.8, 4) is 11.1 Å². The Morgan fingerprint density at radius 3 is 2.18 bits per heavy atom. The van der Waals surface area contributed by atoms with Gasteiger partial charge in [-0.25, -0.2) is 8.78 Å². The Bertz CT molecular complexity index is 518. The van der Waals surface area contributed by atoms with Gasteiger partial charge in [0.1, 0.15) is 0 Å². The van der Waals surface area contributed by atoms with Crippen LogP contribution in [-0.2, 0) is 0 Å². The van der Waals surface area contributed by atoms with Gasteiger partial charge in [-0.3, -0.25) is 0 Å². The minimum atomic E-state index is -2.50. The number of halogens is 2. The van der Waals surface area contributed by atoms with Gasteiger partial charge in [0.15, 0.2) is 0 Å². The molecule has 2 aromatic rings. The lowest BCUT2D eigenvalue weighted by Gasteiger charge is -2.07. The number of nitrogen functional groups attached to an aromatic ring is 1. The third kappa shape index (κ3) is 2.61. The van der Waals surface area contributed by atoms with Crippen LogP contribution in [-0.4, -0.2) is 0 Å². The van der Waals surface area contributed by atoms with Crippen LogP contribution in [0, 0.1) is 6.92 Å². The average Bonchev–Trinajstić information content (AvgIpc) is 2.29. The number of nitrogens with two attached hydrogens (primary N) is 1. The van der Waals surface area contributed by atoms with Crippen molar-refractivity contribution in [3.63, 3.8) is 0 Å². The van der Waals surface area contributed by atoms with E-state index in [0.29, 0.717) is 5.69 Å². The van der Waals surface area contributed by atoms with E-state index in [4.69, 9.17) is 5.73 Å². The van der Waals surface area contributed by atoms with Gasteiger partial charge in [-0.05, 0) is 36.2 Å². The molecule has 0 saturated carbocycles. The lowest BCUT2D eigenvalue weighted by molar-refractivity contribution is 0.151. The molecule has 0 aromatic heterocycles. The molecule has 0 aliphatic carbocycles. The predicted octanol–water partition coefficient (Wildman–Crippen LogP) is 4.18. The molecule has 0 atom stereocenters. The number of alkyl halides is 2. The molecule has 3 heteroatoms. The molecule has 88 valence electrons. The molecular formula is C14H13F2N. The van der Waals surface area contributed by atoms with E-state index in [2.05, 4.69) is 0 Å². The smallest absolute Gasteiger partial charge is 0.263 e. The second-order valence-electron chi connectivity index (χ2n) is 4.06. The largest absolute Gasteiger partial charge is 0.399 e. The summed E-state index contributed by atoms with van der Waals surface area (Å²) >= 11 is 0. The summed E-state index contributed by atoms with van der Waals surface area (Å²) in [5.41, 5.74) is 8.70. The zero-order valence-corrected chi connectivity index (χ0v) is 9.45. The number of anilines is 1. The van der Waals surface area contributed by atoms with E-state index in [1.54, 1.807) is 6.07 Å². The highest BCUT2D eigenvalue weighted by molar-refractivity contribution is 5.68. The van der Waals surface area contributed by atoms with E-state index in [-0.39, 0.29) is 5.56 Å². The first kappa shape index (κ1) is 11.6. The average molecular weight is 233 g/mol. The van der Waals surface area contributed by atoms with E-state index in [0.717, 1.165) is 16.7 Å². The molecular weight excluding hydrogens is 220 g/mol. The Morgan fingerprint density at radius 2 is 1.59 bits per heavy atom. The highest BCUT2D eigenvalue weighted by Gasteiger charge is 2.09. The van der Waals surface area contributed by atoms with Crippen molar-refractivity contribution in [2.24, 2.45) is 0 Å². The lowest BCUT2D eigenvalue weighted by atomic mass is 10.0. The topological polar surface area (TPSA) is 26.0 Å². The summed E-state index contributed by atoms with van der Waals surface area (Å²) in [7, 11) is 0. The first-order chi connectivity index (χ1) is 8.06. The monoisotopic (exact) mass is 233 g/mol. The fraction of sp³-hybridized carbons (Fsp3) is 0.143. The third-order valence-electron chi connectivity index (χ3n) is 2.61. The zero-order valence-electron chi connectivity index (χ0n) is 9.45. The van der Waals surface area contributed by atoms with Crippen molar-refractivity contribution in [1.82, 2.24) is 0 Å². The van der Waals surface area contributed by atoms with Crippen LogP contribution in [0.2, 0.25) is 0 Å². The Morgan fingerprint density at radius 1 is 0.941 bits per heavy atom. The van der Waals surface area contributed by atoms with Crippen LogP contribution in [0.1, 0.15) is 17.6 Å². The first-order valence-corrected chi connectivity index (χ1v) is 5.32. The summed E-state index contributed by atoms with van der Waals surface area (Å²) in [6.07, 6.45) is -2.50. The number of hydrogen-bond acceptors (Lipinski definition) is 1. The molecule has 1 nitrogen and oxygen atoms in total. The highest BCUT2D eigenvalue weighted by atomic mass is 19.3. The van der Waals surface area contributed by atoms with Crippen LogP contribution < -0.4 is 5.73 Å². The number of rotatable bonds is 2. The summed E-state index contributed by atoms with van der Waals surface area (Å²) in [5, 5.41) is 0. The summed E-state index contributed by atoms with van der Waals surface area (Å²) in [4.78, 5) is 0. The molecule has 0 bridgehead atoms. The third-order valence-corrected chi connectivity index (χ3v) is 2.61. The van der Waals surface area contributed by atoms with E-state index >= 15 is 0 Å². The highest BCUT2D eigenvalue weighted by Crippen LogP contribution is 2.28. The van der Waals surface area contributed by atoms with E-state index < -0.39 is 6.43 Å². The minimum absolute atomic E-state index is 0.0411. The van der Waals surface area contributed by atoms with Gasteiger partial charge in [0, 0.05) is 11.3 Å². The summed E-state index contributed by atoms with van der Waals surface area (Å²) in [5.74, 6) is 0. The van der Waals surface area contributed by atoms with Crippen LogP contribution in [0.25, 0.3) is 11.1 Å². The maximum Gasteiger partial charge on any atom is 0.263 e. The van der Waals surface area contributed by atoms with Gasteiger partial charge in [-0.15, -0.1) is 0 Å². The Hall–Kier alpha value is -1.90. The number of hydrogen-bond donors (Lipinski definition) is 1. The van der Waals surface area contributed by atoms with Gasteiger partial charge in [-0.1, -0.05) is 29.8 Å². The molecule has 2 aromatic carbocycles. The van der Waals surface area contributed by atoms with Crippen LogP contribution >= 0.6 is 0 Å². The normalized spacial score (nSPS) is 10.8. The maximum absolute atomic E-state index is 12.7. The van der Waals surface area contributed by atoms with Crippen molar-refractivity contribution in [1.29, 1.82) is 0 Å². The van der Waals surface area contributed by atoms with Gasteiger partial charge >= 0.3 is 0 Å². The van der Waals surface area contributed by atoms with E-state index in [9.17, 15) is 8.78 Å². The summed E-state index contributed by atoms with van der Waals surface area (Å²) < 4.78 is 25.3. The number of aryl methyl sites for hydroxylation is 1. The fourth-order valence-electron chi connectivity index (χ4n) is 1.72. The molecule has 2 N–H and O–H groups in total. The minimum Gasteiger partial charge on any atom is -0.399 e. The molecule has 0 saturated heterocycles. The summed E-state index contributed by atoms with van der Waals surface area (Å²) in [6, 6.07) is 12.2. The predicted molar refractivity (Wildman–Crippen MR) is 66.0 cm³/mol. The quantitative estimate of drug-likeness (QED) is 0.773. The molecule has 0 spiro atoms. The molecule has 0 heterocycles. The Labute approximate surface area is 98.9 Å². The standard InChI is InChI=1S/C14H13F2N/c1-9-2-4-10(5-3-9)11-6-12(14(15)16)8-13(17)7-11/h2-8,14H,17H2,1H3. The molecule has 17 heavy (non-hydrogen) atoms. The Kier molecular flexibility index (Phi) is 3.09. The van der Waals surface area contributed by atoms with Crippen LogP contribution in [0.4, 0.5) is 14.5 Å². The molecule has 0 amide bonds. The van der Waals surface area contributed by atoms with Crippen LogP contribution in [0.15, 0.2) is 42.5 Å². The lowest BCUT2D eigenvalue weighted by Crippen LogP contribution is -1.91. The van der Waals surface area contributed by atoms with Gasteiger partial charge in [-0.2, -0.15) is 0 Å². The first-order valence-electron chi connectivity index (χ1n) is 5.32. The van der Waals surface area contributed by atoms with Gasteiger partial charge < -0.3 is 5.73 Å². The Balaban J connectivity index is 2.48. The maximum atomic E-state index is 12.7. The van der Waals surface area contributed by atoms with Crippen LogP contribution in [0.5, 0.6) is 0 Å². The van der Waals surface area contributed by atoms with Gasteiger partial charge in [0.2, 0.25) is 0 Å². The van der Waals surface area contributed by atoms with Crippen molar-refractivity contribution in [3.05, 3.63) is 53.6 Å². The molecule has 0 aliphatic heterocycles. The van der Waals surface area contributed by atoms with E-state index in [1.807, 2.05) is 31.2 Å². The van der Waals surface area contributed by atoms with Crippen molar-refractivity contribution >= 4 is 5.69 Å². The van der Waals surface area contributed by atoms with Gasteiger partial charge in [0.05, 0.1) is 0 Å². The van der Waals surface area contributed by atoms with Crippen molar-refractivity contribution in [2.45, 2.75) is 13.3 Å². The molecule has 0 aliphatic rings. The van der Waals surface area contributed by atoms with E-state index in [1.165, 1.54) is 12.1 Å². The fourth-order valence-corrected chi connectivity index (χ4v) is 1.72. The molecule has 0 unspecified atom stereocenters. The molecule has 0 radical (unpaired) electrons. The second-order valence-corrected chi connectivity index (χ2v) is 4.06. The number of benzene rings is 2. The second kappa shape index (κ2) is 4.53. The van der Waals surface area contributed by atoms with Crippen molar-refractivity contribution in [2.75, 3.05) is 5.73 Å². The summed E-state index contributed by atoms with van der Waals surface area (Å²) in [6.45, 7) is 1.98. The van der Waals surface area contributed by atoms with Crippen molar-refractivity contribution < 1.29 is 8.78 Å². The SMILES string of the molecule is Cc1ccc(-c2cc(N)cc(C(F)F)c2)cc1. The zero-order chi connectivity index (χ0) is 12.4.